The fourth-order valence-electron chi connectivity index (χ4n) is 3.85. The number of nitrogens with zero attached hydrogens (tertiary/aromatic N) is 1. The molecule has 6 heteroatoms. The molecule has 2 atom stereocenters. The van der Waals surface area contributed by atoms with Crippen molar-refractivity contribution in [1.29, 1.82) is 0 Å². The highest BCUT2D eigenvalue weighted by Gasteiger charge is 2.47. The Morgan fingerprint density at radius 3 is 2.50 bits per heavy atom. The zero-order chi connectivity index (χ0) is 19.7. The van der Waals surface area contributed by atoms with Crippen molar-refractivity contribution < 1.29 is 23.8 Å². The molecular formula is C22H20FNO4. The largest absolute Gasteiger partial charge is 0.507 e. The van der Waals surface area contributed by atoms with E-state index in [9.17, 15) is 19.1 Å². The summed E-state index contributed by atoms with van der Waals surface area (Å²) in [4.78, 5) is 26.9. The van der Waals surface area contributed by atoms with Gasteiger partial charge in [-0.15, -0.1) is 0 Å². The van der Waals surface area contributed by atoms with E-state index in [4.69, 9.17) is 4.74 Å². The third-order valence-corrected chi connectivity index (χ3v) is 5.21. The van der Waals surface area contributed by atoms with Crippen LogP contribution in [0.15, 0.2) is 60.2 Å². The third kappa shape index (κ3) is 3.20. The van der Waals surface area contributed by atoms with Crippen molar-refractivity contribution in [2.75, 3.05) is 13.2 Å². The Kier molecular flexibility index (Phi) is 4.96. The van der Waals surface area contributed by atoms with Crippen molar-refractivity contribution in [2.24, 2.45) is 0 Å². The number of carbonyl (C=O) groups excluding carboxylic acids is 2. The first-order valence-electron chi connectivity index (χ1n) is 9.28. The summed E-state index contributed by atoms with van der Waals surface area (Å²) < 4.78 is 20.3. The summed E-state index contributed by atoms with van der Waals surface area (Å²) in [5, 5.41) is 10.8. The summed E-state index contributed by atoms with van der Waals surface area (Å²) in [7, 11) is 0. The lowest BCUT2D eigenvalue weighted by Crippen LogP contribution is -2.36. The van der Waals surface area contributed by atoms with Gasteiger partial charge in [0.2, 0.25) is 0 Å². The average Bonchev–Trinajstić information content (AvgIpc) is 3.31. The van der Waals surface area contributed by atoms with E-state index in [0.29, 0.717) is 12.2 Å². The Morgan fingerprint density at radius 1 is 1.11 bits per heavy atom. The molecule has 0 bridgehead atoms. The number of hydrogen-bond donors (Lipinski definition) is 1. The molecule has 28 heavy (non-hydrogen) atoms. The van der Waals surface area contributed by atoms with Gasteiger partial charge in [-0.1, -0.05) is 48.5 Å². The Morgan fingerprint density at radius 2 is 1.82 bits per heavy atom. The summed E-state index contributed by atoms with van der Waals surface area (Å²) >= 11 is 0. The molecule has 2 saturated heterocycles. The lowest BCUT2D eigenvalue weighted by molar-refractivity contribution is -0.140. The molecular weight excluding hydrogens is 361 g/mol. The van der Waals surface area contributed by atoms with Gasteiger partial charge in [0, 0.05) is 24.3 Å². The maximum atomic E-state index is 14.6. The quantitative estimate of drug-likeness (QED) is 0.501. The molecule has 0 saturated carbocycles. The van der Waals surface area contributed by atoms with E-state index in [1.54, 1.807) is 42.5 Å². The molecule has 1 N–H and O–H groups in total. The molecule has 144 valence electrons. The highest BCUT2D eigenvalue weighted by Crippen LogP contribution is 2.40. The first-order valence-corrected chi connectivity index (χ1v) is 9.28. The molecule has 0 radical (unpaired) electrons. The van der Waals surface area contributed by atoms with Crippen LogP contribution in [-0.4, -0.2) is 41.0 Å². The van der Waals surface area contributed by atoms with Crippen molar-refractivity contribution in [1.82, 2.24) is 4.90 Å². The minimum Gasteiger partial charge on any atom is -0.507 e. The van der Waals surface area contributed by atoms with Gasteiger partial charge in [0.15, 0.2) is 0 Å². The Bertz CT molecular complexity index is 935. The van der Waals surface area contributed by atoms with Crippen LogP contribution in [0, 0.1) is 5.82 Å². The van der Waals surface area contributed by atoms with Crippen LogP contribution in [-0.2, 0) is 14.3 Å². The number of likely N-dealkylation sites (tertiary alicyclic amines) is 1. The molecule has 0 aliphatic carbocycles. The molecule has 2 heterocycles. The second-order valence-electron chi connectivity index (χ2n) is 6.97. The summed E-state index contributed by atoms with van der Waals surface area (Å²) in [5.41, 5.74) is 0.482. The highest BCUT2D eigenvalue weighted by molar-refractivity contribution is 6.46. The van der Waals surface area contributed by atoms with Crippen LogP contribution in [0.4, 0.5) is 4.39 Å². The van der Waals surface area contributed by atoms with Crippen LogP contribution < -0.4 is 0 Å². The van der Waals surface area contributed by atoms with E-state index in [0.717, 1.165) is 12.8 Å². The number of carbonyl (C=O) groups is 2. The van der Waals surface area contributed by atoms with Crippen molar-refractivity contribution in [3.8, 4) is 0 Å². The normalized spacial score (nSPS) is 24.1. The van der Waals surface area contributed by atoms with E-state index < -0.39 is 23.5 Å². The van der Waals surface area contributed by atoms with E-state index >= 15 is 0 Å². The van der Waals surface area contributed by atoms with Crippen molar-refractivity contribution in [3.05, 3.63) is 77.1 Å². The lowest BCUT2D eigenvalue weighted by Gasteiger charge is -2.27. The van der Waals surface area contributed by atoms with E-state index in [-0.39, 0.29) is 29.5 Å². The molecule has 5 nitrogen and oxygen atoms in total. The summed E-state index contributed by atoms with van der Waals surface area (Å²) in [6.45, 7) is 0.776. The molecule has 2 aliphatic heterocycles. The fourth-order valence-corrected chi connectivity index (χ4v) is 3.85. The van der Waals surface area contributed by atoms with Crippen LogP contribution >= 0.6 is 0 Å². The van der Waals surface area contributed by atoms with Crippen LogP contribution in [0.5, 0.6) is 0 Å². The lowest BCUT2D eigenvalue weighted by atomic mass is 9.95. The van der Waals surface area contributed by atoms with Crippen LogP contribution in [0.1, 0.15) is 30.0 Å². The highest BCUT2D eigenvalue weighted by atomic mass is 19.1. The Balaban J connectivity index is 1.84. The third-order valence-electron chi connectivity index (χ3n) is 5.21. The first kappa shape index (κ1) is 18.4. The molecule has 2 aromatic carbocycles. The summed E-state index contributed by atoms with van der Waals surface area (Å²) in [6.07, 6.45) is 1.44. The van der Waals surface area contributed by atoms with Gasteiger partial charge in [0.25, 0.3) is 11.7 Å². The number of Topliss-reactive ketones (excluding diaryl/α,β-unsaturated/α-hetero) is 1. The van der Waals surface area contributed by atoms with Gasteiger partial charge < -0.3 is 14.7 Å². The standard InChI is InChI=1S/C22H20FNO4/c23-17-11-5-4-10-16(17)19-18(20(25)14-7-2-1-3-8-14)21(26)22(27)24(19)13-15-9-6-12-28-15/h1-5,7-8,10-11,15,19,25H,6,9,12-13H2/b20-18+/t15-,19-/m1/s1. The summed E-state index contributed by atoms with van der Waals surface area (Å²) in [5.74, 6) is -2.40. The Hall–Kier alpha value is -2.99. The number of amides is 1. The smallest absolute Gasteiger partial charge is 0.295 e. The van der Waals surface area contributed by atoms with Crippen molar-refractivity contribution >= 4 is 17.4 Å². The number of benzene rings is 2. The number of ketones is 1. The molecule has 0 aromatic heterocycles. The van der Waals surface area contributed by atoms with Gasteiger partial charge >= 0.3 is 0 Å². The SMILES string of the molecule is O=C1C(=O)N(C[C@H]2CCCO2)[C@H](c2ccccc2F)/C1=C(\O)c1ccccc1. The Labute approximate surface area is 162 Å². The molecule has 0 spiro atoms. The van der Waals surface area contributed by atoms with E-state index in [2.05, 4.69) is 0 Å². The van der Waals surface area contributed by atoms with Crippen molar-refractivity contribution in [3.63, 3.8) is 0 Å². The monoisotopic (exact) mass is 381 g/mol. The zero-order valence-electron chi connectivity index (χ0n) is 15.2. The number of hydrogen-bond acceptors (Lipinski definition) is 4. The van der Waals surface area contributed by atoms with Crippen molar-refractivity contribution in [2.45, 2.75) is 25.0 Å². The van der Waals surface area contributed by atoms with Gasteiger partial charge in [-0.25, -0.2) is 4.39 Å². The number of ether oxygens (including phenoxy) is 1. The van der Waals surface area contributed by atoms with Crippen LogP contribution in [0.2, 0.25) is 0 Å². The zero-order valence-corrected chi connectivity index (χ0v) is 15.2. The topological polar surface area (TPSA) is 66.8 Å². The van der Waals surface area contributed by atoms with Gasteiger partial charge in [-0.2, -0.15) is 0 Å². The van der Waals surface area contributed by atoms with E-state index in [1.807, 2.05) is 0 Å². The van der Waals surface area contributed by atoms with Gasteiger partial charge in [0.1, 0.15) is 11.6 Å². The van der Waals surface area contributed by atoms with Gasteiger partial charge in [-0.3, -0.25) is 9.59 Å². The molecule has 0 unspecified atom stereocenters. The fraction of sp³-hybridized carbons (Fsp3) is 0.273. The summed E-state index contributed by atoms with van der Waals surface area (Å²) in [6, 6.07) is 13.5. The predicted molar refractivity (Wildman–Crippen MR) is 101 cm³/mol. The second kappa shape index (κ2) is 7.56. The number of aliphatic hydroxyl groups is 1. The minimum atomic E-state index is -0.995. The number of aliphatic hydroxyl groups excluding tert-OH is 1. The maximum Gasteiger partial charge on any atom is 0.295 e. The average molecular weight is 381 g/mol. The number of halogens is 1. The van der Waals surface area contributed by atoms with Crippen LogP contribution in [0.25, 0.3) is 5.76 Å². The molecule has 2 aromatic rings. The molecule has 1 amide bonds. The second-order valence-corrected chi connectivity index (χ2v) is 6.97. The van der Waals surface area contributed by atoms with Gasteiger partial charge in [0.05, 0.1) is 17.7 Å². The predicted octanol–water partition coefficient (Wildman–Crippen LogP) is 3.43. The molecule has 2 aliphatic rings. The van der Waals surface area contributed by atoms with Gasteiger partial charge in [-0.05, 0) is 18.9 Å². The maximum absolute atomic E-state index is 14.6. The molecule has 4 rings (SSSR count). The molecule has 2 fully saturated rings. The first-order chi connectivity index (χ1) is 13.6. The minimum absolute atomic E-state index is 0.0979. The van der Waals surface area contributed by atoms with E-state index in [1.165, 1.54) is 17.0 Å². The number of rotatable bonds is 4. The van der Waals surface area contributed by atoms with Crippen LogP contribution in [0.3, 0.4) is 0 Å².